The molecule has 1 fully saturated rings. The number of amides is 1. The number of aliphatic carboxylic acids is 1. The summed E-state index contributed by atoms with van der Waals surface area (Å²) >= 11 is 6.11. The number of hydrogen-bond acceptors (Lipinski definition) is 3. The molecular formula is C16H18ClNO4. The van der Waals surface area contributed by atoms with Gasteiger partial charge in [0.25, 0.3) is 0 Å². The van der Waals surface area contributed by atoms with Gasteiger partial charge in [-0.05, 0) is 30.5 Å². The summed E-state index contributed by atoms with van der Waals surface area (Å²) in [5, 5.41) is 9.54. The van der Waals surface area contributed by atoms with Gasteiger partial charge in [0, 0.05) is 6.54 Å². The molecule has 0 saturated carbocycles. The van der Waals surface area contributed by atoms with Gasteiger partial charge >= 0.3 is 5.97 Å². The maximum Gasteiger partial charge on any atom is 0.326 e. The molecule has 0 spiro atoms. The molecule has 2 rings (SSSR count). The maximum atomic E-state index is 12.3. The highest BCUT2D eigenvalue weighted by atomic mass is 35.5. The lowest BCUT2D eigenvalue weighted by molar-refractivity contribution is -0.148. The fourth-order valence-corrected chi connectivity index (χ4v) is 2.78. The Hall–Kier alpha value is -2.01. The third-order valence-electron chi connectivity index (χ3n) is 3.57. The smallest absolute Gasteiger partial charge is 0.326 e. The Morgan fingerprint density at radius 3 is 2.91 bits per heavy atom. The van der Waals surface area contributed by atoms with Gasteiger partial charge in [0.1, 0.15) is 18.4 Å². The van der Waals surface area contributed by atoms with Crippen molar-refractivity contribution in [2.45, 2.75) is 25.3 Å². The summed E-state index contributed by atoms with van der Waals surface area (Å²) in [5.41, 5.74) is 0.733. The van der Waals surface area contributed by atoms with Crippen molar-refractivity contribution in [1.29, 1.82) is 0 Å². The molecule has 5 nitrogen and oxygen atoms in total. The van der Waals surface area contributed by atoms with Crippen molar-refractivity contribution in [3.05, 3.63) is 41.4 Å². The first kappa shape index (κ1) is 16.4. The van der Waals surface area contributed by atoms with Crippen LogP contribution in [0.3, 0.4) is 0 Å². The summed E-state index contributed by atoms with van der Waals surface area (Å²) in [4.78, 5) is 24.8. The number of likely N-dealkylation sites (tertiary alicyclic amines) is 1. The van der Waals surface area contributed by atoms with Gasteiger partial charge in [0.2, 0.25) is 5.91 Å². The zero-order valence-corrected chi connectivity index (χ0v) is 12.9. The molecule has 0 bridgehead atoms. The van der Waals surface area contributed by atoms with E-state index in [2.05, 4.69) is 6.58 Å². The van der Waals surface area contributed by atoms with E-state index >= 15 is 0 Å². The van der Waals surface area contributed by atoms with Crippen LogP contribution in [0.5, 0.6) is 5.75 Å². The van der Waals surface area contributed by atoms with Crippen molar-refractivity contribution in [2.24, 2.45) is 0 Å². The summed E-state index contributed by atoms with van der Waals surface area (Å²) in [7, 11) is 0. The average Bonchev–Trinajstić information content (AvgIpc) is 2.96. The Kier molecular flexibility index (Phi) is 5.44. The van der Waals surface area contributed by atoms with Crippen molar-refractivity contribution in [1.82, 2.24) is 4.90 Å². The lowest BCUT2D eigenvalue weighted by atomic mass is 10.1. The second-order valence-corrected chi connectivity index (χ2v) is 5.53. The molecule has 1 N–H and O–H groups in total. The summed E-state index contributed by atoms with van der Waals surface area (Å²) in [6.07, 6.45) is 2.98. The Labute approximate surface area is 134 Å². The lowest BCUT2D eigenvalue weighted by Gasteiger charge is -2.21. The monoisotopic (exact) mass is 323 g/mol. The first-order valence-electron chi connectivity index (χ1n) is 7.07. The number of carboxylic acid groups (broad SMARTS) is 1. The quantitative estimate of drug-likeness (QED) is 0.817. The van der Waals surface area contributed by atoms with E-state index in [9.17, 15) is 9.59 Å². The molecule has 1 aliphatic rings. The second-order valence-electron chi connectivity index (χ2n) is 5.12. The molecule has 1 atom stereocenters. The van der Waals surface area contributed by atoms with E-state index in [0.717, 1.165) is 12.0 Å². The van der Waals surface area contributed by atoms with Crippen LogP contribution in [0.25, 0.3) is 0 Å². The SMILES string of the molecule is C=CCOc1ccc(CC(=O)N2CCCC2C(=O)O)cc1Cl. The number of ether oxygens (including phenoxy) is 1. The molecule has 1 aromatic rings. The summed E-state index contributed by atoms with van der Waals surface area (Å²) in [6.45, 7) is 4.40. The molecule has 6 heteroatoms. The second kappa shape index (κ2) is 7.31. The van der Waals surface area contributed by atoms with Gasteiger partial charge in [0.05, 0.1) is 11.4 Å². The van der Waals surface area contributed by atoms with Crippen LogP contribution in [0.2, 0.25) is 5.02 Å². The highest BCUT2D eigenvalue weighted by Gasteiger charge is 2.33. The minimum atomic E-state index is -0.947. The Morgan fingerprint density at radius 1 is 1.50 bits per heavy atom. The molecule has 1 saturated heterocycles. The van der Waals surface area contributed by atoms with Crippen LogP contribution in [0.4, 0.5) is 0 Å². The van der Waals surface area contributed by atoms with E-state index in [1.165, 1.54) is 4.90 Å². The number of halogens is 1. The predicted molar refractivity (Wildman–Crippen MR) is 83.2 cm³/mol. The zero-order valence-electron chi connectivity index (χ0n) is 12.1. The van der Waals surface area contributed by atoms with Crippen molar-refractivity contribution in [2.75, 3.05) is 13.2 Å². The van der Waals surface area contributed by atoms with Gasteiger partial charge in [-0.15, -0.1) is 0 Å². The standard InChI is InChI=1S/C16H18ClNO4/c1-2-8-22-14-6-5-11(9-12(14)17)10-15(19)18-7-3-4-13(18)16(20)21/h2,5-6,9,13H,1,3-4,7-8,10H2,(H,20,21). The molecule has 0 radical (unpaired) electrons. The van der Waals surface area contributed by atoms with Gasteiger partial charge in [-0.1, -0.05) is 30.3 Å². The van der Waals surface area contributed by atoms with Crippen LogP contribution < -0.4 is 4.74 Å². The normalized spacial score (nSPS) is 17.3. The summed E-state index contributed by atoms with van der Waals surface area (Å²) in [6, 6.07) is 4.42. The molecule has 22 heavy (non-hydrogen) atoms. The van der Waals surface area contributed by atoms with Gasteiger partial charge in [-0.3, -0.25) is 4.79 Å². The fourth-order valence-electron chi connectivity index (χ4n) is 2.52. The van der Waals surface area contributed by atoms with Crippen LogP contribution in [0, 0.1) is 0 Å². The fraction of sp³-hybridized carbons (Fsp3) is 0.375. The molecular weight excluding hydrogens is 306 g/mol. The van der Waals surface area contributed by atoms with Crippen molar-refractivity contribution in [3.8, 4) is 5.75 Å². The van der Waals surface area contributed by atoms with Crippen LogP contribution in [0.1, 0.15) is 18.4 Å². The number of carbonyl (C=O) groups excluding carboxylic acids is 1. The molecule has 0 aliphatic carbocycles. The van der Waals surface area contributed by atoms with E-state index in [1.54, 1.807) is 24.3 Å². The largest absolute Gasteiger partial charge is 0.488 e. The first-order valence-corrected chi connectivity index (χ1v) is 7.45. The number of carbonyl (C=O) groups is 2. The van der Waals surface area contributed by atoms with E-state index in [0.29, 0.717) is 30.3 Å². The Morgan fingerprint density at radius 2 is 2.27 bits per heavy atom. The van der Waals surface area contributed by atoms with Gasteiger partial charge in [-0.25, -0.2) is 4.79 Å². The molecule has 1 amide bonds. The number of hydrogen-bond donors (Lipinski definition) is 1. The van der Waals surface area contributed by atoms with Gasteiger partial charge < -0.3 is 14.7 Å². The van der Waals surface area contributed by atoms with Crippen molar-refractivity contribution >= 4 is 23.5 Å². The van der Waals surface area contributed by atoms with E-state index in [-0.39, 0.29) is 12.3 Å². The van der Waals surface area contributed by atoms with Gasteiger partial charge in [0.15, 0.2) is 0 Å². The molecule has 1 heterocycles. The van der Waals surface area contributed by atoms with E-state index in [1.807, 2.05) is 0 Å². The number of carboxylic acids is 1. The molecule has 118 valence electrons. The third kappa shape index (κ3) is 3.80. The molecule has 1 unspecified atom stereocenters. The van der Waals surface area contributed by atoms with Gasteiger partial charge in [-0.2, -0.15) is 0 Å². The molecule has 0 aromatic heterocycles. The van der Waals surface area contributed by atoms with E-state index in [4.69, 9.17) is 21.4 Å². The minimum Gasteiger partial charge on any atom is -0.488 e. The zero-order chi connectivity index (χ0) is 16.1. The topological polar surface area (TPSA) is 66.8 Å². The number of nitrogens with zero attached hydrogens (tertiary/aromatic N) is 1. The van der Waals surface area contributed by atoms with E-state index < -0.39 is 12.0 Å². The summed E-state index contributed by atoms with van der Waals surface area (Å²) < 4.78 is 5.37. The predicted octanol–water partition coefficient (Wildman–Crippen LogP) is 2.52. The van der Waals surface area contributed by atoms with Crippen molar-refractivity contribution in [3.63, 3.8) is 0 Å². The number of rotatable bonds is 6. The lowest BCUT2D eigenvalue weighted by Crippen LogP contribution is -2.41. The third-order valence-corrected chi connectivity index (χ3v) is 3.86. The Bertz CT molecular complexity index is 588. The average molecular weight is 324 g/mol. The minimum absolute atomic E-state index is 0.130. The molecule has 1 aromatic carbocycles. The summed E-state index contributed by atoms with van der Waals surface area (Å²) in [5.74, 6) is -0.611. The Balaban J connectivity index is 2.04. The van der Waals surface area contributed by atoms with Crippen LogP contribution in [0.15, 0.2) is 30.9 Å². The number of benzene rings is 1. The van der Waals surface area contributed by atoms with Crippen molar-refractivity contribution < 1.29 is 19.4 Å². The maximum absolute atomic E-state index is 12.3. The first-order chi connectivity index (χ1) is 10.5. The van der Waals surface area contributed by atoms with Crippen LogP contribution in [-0.4, -0.2) is 41.1 Å². The highest BCUT2D eigenvalue weighted by molar-refractivity contribution is 6.32. The molecule has 1 aliphatic heterocycles. The van der Waals surface area contributed by atoms with Crippen LogP contribution >= 0.6 is 11.6 Å². The van der Waals surface area contributed by atoms with Crippen LogP contribution in [-0.2, 0) is 16.0 Å². The highest BCUT2D eigenvalue weighted by Crippen LogP contribution is 2.26.